The van der Waals surface area contributed by atoms with E-state index in [0.717, 1.165) is 50.7 Å². The summed E-state index contributed by atoms with van der Waals surface area (Å²) >= 11 is 1.07. The molecule has 1 atom stereocenters. The smallest absolute Gasteiger partial charge is 0.308 e. The SMILES string of the molecule is CC(=O)Oc1c(C)cc(Oc2ccc3nc(COc4ccc(CC5SC(=O)N(C(c6ccccc6)(c6ccccc6)c6ccccc6)C5=O)cc4)n(C)c3n2)c(C)c1C. The summed E-state index contributed by atoms with van der Waals surface area (Å²) in [4.78, 5) is 51.2. The van der Waals surface area contributed by atoms with Gasteiger partial charge in [0.25, 0.3) is 5.24 Å². The van der Waals surface area contributed by atoms with E-state index in [1.54, 1.807) is 6.07 Å². The molecular formula is C48H42N4O6S. The number of fused-ring (bicyclic) bond motifs is 1. The lowest BCUT2D eigenvalue weighted by Crippen LogP contribution is -2.51. The van der Waals surface area contributed by atoms with E-state index in [4.69, 9.17) is 24.2 Å². The van der Waals surface area contributed by atoms with E-state index in [1.165, 1.54) is 11.8 Å². The summed E-state index contributed by atoms with van der Waals surface area (Å²) in [5.74, 6) is 2.26. The topological polar surface area (TPSA) is 113 Å². The summed E-state index contributed by atoms with van der Waals surface area (Å²) in [5.41, 5.74) is 6.03. The average Bonchev–Trinajstić information content (AvgIpc) is 3.72. The Hall–Kier alpha value is -6.72. The summed E-state index contributed by atoms with van der Waals surface area (Å²) in [5, 5.41) is -0.898. The standard InChI is InChI=1S/C48H42N4O6S/c1-30-27-40(31(2)32(3)44(30)57-33(4)53)58-43-26-25-39-45(50-43)51(5)42(49-39)29-56-38-23-21-34(22-24-38)28-41-46(54)52(47(55)59-41)48(35-15-9-6-10-16-35,36-17-11-7-12-18-36)37-19-13-8-14-20-37/h6-27,41H,28-29H2,1-5H3. The molecule has 7 aromatic rings. The zero-order valence-corrected chi connectivity index (χ0v) is 34.2. The number of nitrogens with zero attached hydrogens (tertiary/aromatic N) is 4. The van der Waals surface area contributed by atoms with Gasteiger partial charge in [-0.05, 0) is 90.4 Å². The second kappa shape index (κ2) is 16.3. The van der Waals surface area contributed by atoms with Gasteiger partial charge in [0.05, 0.1) is 5.25 Å². The summed E-state index contributed by atoms with van der Waals surface area (Å²) in [6.45, 7) is 7.26. The number of thioether (sulfide) groups is 1. The van der Waals surface area contributed by atoms with Crippen LogP contribution in [-0.4, -0.2) is 41.8 Å². The molecule has 5 aromatic carbocycles. The molecule has 0 spiro atoms. The molecule has 2 amide bonds. The Kier molecular flexibility index (Phi) is 10.8. The number of hydrogen-bond acceptors (Lipinski definition) is 9. The predicted molar refractivity (Wildman–Crippen MR) is 228 cm³/mol. The Bertz CT molecular complexity index is 2590. The van der Waals surface area contributed by atoms with E-state index in [-0.39, 0.29) is 23.7 Å². The number of imide groups is 1. The minimum absolute atomic E-state index is 0.193. The summed E-state index contributed by atoms with van der Waals surface area (Å²) in [6, 6.07) is 42.4. The first-order valence-electron chi connectivity index (χ1n) is 19.3. The van der Waals surface area contributed by atoms with Gasteiger partial charge in [-0.25, -0.2) is 4.98 Å². The molecule has 0 bridgehead atoms. The maximum absolute atomic E-state index is 14.5. The van der Waals surface area contributed by atoms with Crippen molar-refractivity contribution in [2.45, 2.75) is 51.5 Å². The van der Waals surface area contributed by atoms with Crippen molar-refractivity contribution in [2.75, 3.05) is 0 Å². The highest BCUT2D eigenvalue weighted by atomic mass is 32.2. The first-order valence-corrected chi connectivity index (χ1v) is 20.1. The van der Waals surface area contributed by atoms with Crippen LogP contribution >= 0.6 is 11.8 Å². The number of imidazole rings is 1. The molecule has 3 heterocycles. The van der Waals surface area contributed by atoms with Crippen molar-refractivity contribution in [3.63, 3.8) is 0 Å². The van der Waals surface area contributed by atoms with Crippen molar-refractivity contribution in [3.8, 4) is 23.1 Å². The maximum atomic E-state index is 14.5. The van der Waals surface area contributed by atoms with E-state index >= 15 is 0 Å². The fourth-order valence-electron chi connectivity index (χ4n) is 7.72. The van der Waals surface area contributed by atoms with Crippen LogP contribution in [0.4, 0.5) is 4.79 Å². The number of esters is 1. The number of carbonyl (C=O) groups excluding carboxylic acids is 3. The Morgan fingerprint density at radius 1 is 0.763 bits per heavy atom. The molecule has 1 unspecified atom stereocenters. The number of hydrogen-bond donors (Lipinski definition) is 0. The van der Waals surface area contributed by atoms with Gasteiger partial charge in [0, 0.05) is 20.0 Å². The lowest BCUT2D eigenvalue weighted by atomic mass is 9.75. The highest BCUT2D eigenvalue weighted by Crippen LogP contribution is 2.48. The van der Waals surface area contributed by atoms with Gasteiger partial charge in [0.2, 0.25) is 11.8 Å². The molecule has 10 nitrogen and oxygen atoms in total. The molecule has 11 heteroatoms. The minimum atomic E-state index is -1.16. The van der Waals surface area contributed by atoms with Crippen LogP contribution < -0.4 is 14.2 Å². The molecule has 1 aliphatic heterocycles. The fourth-order valence-corrected chi connectivity index (χ4v) is 8.78. The Balaban J connectivity index is 0.973. The minimum Gasteiger partial charge on any atom is -0.486 e. The zero-order chi connectivity index (χ0) is 41.3. The Labute approximate surface area is 346 Å². The van der Waals surface area contributed by atoms with Gasteiger partial charge in [0.1, 0.15) is 40.7 Å². The quantitative estimate of drug-likeness (QED) is 0.0677. The van der Waals surface area contributed by atoms with Gasteiger partial charge in [-0.15, -0.1) is 0 Å². The molecule has 1 saturated heterocycles. The van der Waals surface area contributed by atoms with Crippen molar-refractivity contribution in [3.05, 3.63) is 178 Å². The second-order valence-corrected chi connectivity index (χ2v) is 15.7. The first-order chi connectivity index (χ1) is 28.5. The van der Waals surface area contributed by atoms with Crippen LogP contribution in [0.15, 0.2) is 133 Å². The lowest BCUT2D eigenvalue weighted by Gasteiger charge is -2.42. The molecule has 0 aliphatic carbocycles. The van der Waals surface area contributed by atoms with E-state index in [9.17, 15) is 14.4 Å². The number of rotatable bonds is 12. The number of ether oxygens (including phenoxy) is 3. The van der Waals surface area contributed by atoms with Gasteiger partial charge in [-0.1, -0.05) is 115 Å². The van der Waals surface area contributed by atoms with Crippen molar-refractivity contribution in [2.24, 2.45) is 7.05 Å². The van der Waals surface area contributed by atoms with Gasteiger partial charge in [-0.3, -0.25) is 19.3 Å². The summed E-state index contributed by atoms with van der Waals surface area (Å²) in [7, 11) is 1.88. The highest BCUT2D eigenvalue weighted by molar-refractivity contribution is 8.15. The molecule has 1 fully saturated rings. The van der Waals surface area contributed by atoms with Crippen LogP contribution in [0.2, 0.25) is 0 Å². The normalized spacial score (nSPS) is 14.2. The Morgan fingerprint density at radius 2 is 1.36 bits per heavy atom. The molecule has 59 heavy (non-hydrogen) atoms. The number of aromatic nitrogens is 3. The third-order valence-electron chi connectivity index (χ3n) is 10.8. The van der Waals surface area contributed by atoms with E-state index in [2.05, 4.69) is 0 Å². The number of aryl methyl sites for hydroxylation is 2. The second-order valence-electron chi connectivity index (χ2n) is 14.5. The molecule has 2 aromatic heterocycles. The maximum Gasteiger partial charge on any atom is 0.308 e. The van der Waals surface area contributed by atoms with Crippen LogP contribution in [0.5, 0.6) is 23.1 Å². The molecule has 0 radical (unpaired) electrons. The van der Waals surface area contributed by atoms with Crippen LogP contribution in [0.1, 0.15) is 51.7 Å². The van der Waals surface area contributed by atoms with Crippen LogP contribution in [-0.2, 0) is 35.2 Å². The van der Waals surface area contributed by atoms with Crippen LogP contribution in [0.25, 0.3) is 11.2 Å². The number of amides is 2. The number of carbonyl (C=O) groups is 3. The number of benzene rings is 5. The van der Waals surface area contributed by atoms with E-state index < -0.39 is 10.8 Å². The fraction of sp³-hybridized carbons (Fsp3) is 0.188. The third kappa shape index (κ3) is 7.45. The van der Waals surface area contributed by atoms with Crippen molar-refractivity contribution in [1.82, 2.24) is 19.4 Å². The first kappa shape index (κ1) is 39.1. The Morgan fingerprint density at radius 3 is 1.93 bits per heavy atom. The van der Waals surface area contributed by atoms with Crippen LogP contribution in [0, 0.1) is 20.8 Å². The average molecular weight is 803 g/mol. The van der Waals surface area contributed by atoms with Crippen molar-refractivity contribution in [1.29, 1.82) is 0 Å². The van der Waals surface area contributed by atoms with Crippen molar-refractivity contribution < 1.29 is 28.6 Å². The highest BCUT2D eigenvalue weighted by Gasteiger charge is 2.54. The largest absolute Gasteiger partial charge is 0.486 e. The van der Waals surface area contributed by atoms with Gasteiger partial charge >= 0.3 is 5.97 Å². The van der Waals surface area contributed by atoms with Crippen LogP contribution in [0.3, 0.4) is 0 Å². The lowest BCUT2D eigenvalue weighted by molar-refractivity contribution is -0.132. The third-order valence-corrected chi connectivity index (χ3v) is 11.8. The summed E-state index contributed by atoms with van der Waals surface area (Å²) < 4.78 is 19.7. The van der Waals surface area contributed by atoms with Gasteiger partial charge in [-0.2, -0.15) is 4.98 Å². The van der Waals surface area contributed by atoms with Crippen molar-refractivity contribution >= 4 is 40.0 Å². The van der Waals surface area contributed by atoms with Gasteiger partial charge in [0.15, 0.2) is 5.65 Å². The molecule has 0 N–H and O–H groups in total. The van der Waals surface area contributed by atoms with Gasteiger partial charge < -0.3 is 18.8 Å². The molecule has 1 aliphatic rings. The van der Waals surface area contributed by atoms with E-state index in [0.29, 0.717) is 46.5 Å². The monoisotopic (exact) mass is 802 g/mol. The zero-order valence-electron chi connectivity index (χ0n) is 33.3. The molecular weight excluding hydrogens is 761 g/mol. The molecule has 8 rings (SSSR count). The van der Waals surface area contributed by atoms with E-state index in [1.807, 2.05) is 160 Å². The predicted octanol–water partition coefficient (Wildman–Crippen LogP) is 9.79. The molecule has 0 saturated carbocycles. The number of pyridine rings is 1. The summed E-state index contributed by atoms with van der Waals surface area (Å²) in [6.07, 6.45) is 0.371. The molecule has 296 valence electrons.